The SMILES string of the molecule is CCc1cc(=O)oc2nc(OC(C)c3cnc(-c4ccccc4)nc3C)[nH]c(=O)c12. The third kappa shape index (κ3) is 3.71. The van der Waals surface area contributed by atoms with Gasteiger partial charge in [0.05, 0.1) is 0 Å². The number of hydrogen-bond donors (Lipinski definition) is 1. The first-order valence-electron chi connectivity index (χ1n) is 9.59. The van der Waals surface area contributed by atoms with Crippen molar-refractivity contribution in [1.82, 2.24) is 19.9 Å². The molecular formula is C22H20N4O4. The molecular weight excluding hydrogens is 384 g/mol. The van der Waals surface area contributed by atoms with Crippen LogP contribution in [0.2, 0.25) is 0 Å². The molecule has 0 aliphatic carbocycles. The van der Waals surface area contributed by atoms with Crippen LogP contribution < -0.4 is 15.9 Å². The largest absolute Gasteiger partial charge is 0.457 e. The Balaban J connectivity index is 1.65. The summed E-state index contributed by atoms with van der Waals surface area (Å²) in [6.07, 6.45) is 1.72. The van der Waals surface area contributed by atoms with Gasteiger partial charge in [0.2, 0.25) is 5.71 Å². The summed E-state index contributed by atoms with van der Waals surface area (Å²) in [5, 5.41) is 0.254. The molecule has 0 saturated carbocycles. The van der Waals surface area contributed by atoms with E-state index in [0.29, 0.717) is 17.8 Å². The van der Waals surface area contributed by atoms with E-state index in [2.05, 4.69) is 19.9 Å². The highest BCUT2D eigenvalue weighted by molar-refractivity contribution is 5.75. The van der Waals surface area contributed by atoms with E-state index in [1.165, 1.54) is 6.07 Å². The zero-order chi connectivity index (χ0) is 21.3. The van der Waals surface area contributed by atoms with E-state index in [0.717, 1.165) is 16.8 Å². The van der Waals surface area contributed by atoms with Crippen LogP contribution in [0.5, 0.6) is 6.01 Å². The molecule has 0 bridgehead atoms. The molecule has 3 heterocycles. The Morgan fingerprint density at radius 1 is 1.17 bits per heavy atom. The Bertz CT molecular complexity index is 1330. The van der Waals surface area contributed by atoms with Crippen LogP contribution in [-0.4, -0.2) is 19.9 Å². The number of nitrogens with one attached hydrogen (secondary N) is 1. The fraction of sp³-hybridized carbons (Fsp3) is 0.227. The molecule has 0 saturated heterocycles. The molecule has 0 aliphatic heterocycles. The zero-order valence-electron chi connectivity index (χ0n) is 16.8. The summed E-state index contributed by atoms with van der Waals surface area (Å²) in [6.45, 7) is 5.52. The second-order valence-corrected chi connectivity index (χ2v) is 6.86. The first-order chi connectivity index (χ1) is 14.5. The standard InChI is InChI=1S/C22H20N4O4/c1-4-14-10-17(27)30-21-18(14)20(28)25-22(26-21)29-13(3)16-11-23-19(24-12(16)2)15-8-6-5-7-9-15/h5-11,13H,4H2,1-3H3,(H,25,26,28). The van der Waals surface area contributed by atoms with Crippen LogP contribution in [0.25, 0.3) is 22.5 Å². The Labute approximate surface area is 171 Å². The van der Waals surface area contributed by atoms with Gasteiger partial charge in [0.1, 0.15) is 11.5 Å². The summed E-state index contributed by atoms with van der Waals surface area (Å²) in [5.74, 6) is 0.621. The van der Waals surface area contributed by atoms with Crippen LogP contribution in [-0.2, 0) is 6.42 Å². The second-order valence-electron chi connectivity index (χ2n) is 6.86. The third-order valence-electron chi connectivity index (χ3n) is 4.83. The van der Waals surface area contributed by atoms with Crippen LogP contribution in [0.3, 0.4) is 0 Å². The second kappa shape index (κ2) is 7.90. The maximum absolute atomic E-state index is 12.5. The van der Waals surface area contributed by atoms with Crippen LogP contribution in [0.4, 0.5) is 0 Å². The average molecular weight is 404 g/mol. The van der Waals surface area contributed by atoms with Crippen LogP contribution >= 0.6 is 0 Å². The fourth-order valence-corrected chi connectivity index (χ4v) is 3.30. The molecule has 3 aromatic heterocycles. The molecule has 1 unspecified atom stereocenters. The zero-order valence-corrected chi connectivity index (χ0v) is 16.8. The van der Waals surface area contributed by atoms with Crippen molar-refractivity contribution in [2.45, 2.75) is 33.3 Å². The highest BCUT2D eigenvalue weighted by Crippen LogP contribution is 2.23. The maximum Gasteiger partial charge on any atom is 0.337 e. The first kappa shape index (κ1) is 19.5. The van der Waals surface area contributed by atoms with E-state index in [-0.39, 0.29) is 17.1 Å². The molecule has 1 aromatic carbocycles. The lowest BCUT2D eigenvalue weighted by molar-refractivity contribution is 0.205. The van der Waals surface area contributed by atoms with E-state index in [1.807, 2.05) is 44.2 Å². The quantitative estimate of drug-likeness (QED) is 0.543. The van der Waals surface area contributed by atoms with Gasteiger partial charge in [0, 0.05) is 29.1 Å². The van der Waals surface area contributed by atoms with Gasteiger partial charge in [-0.2, -0.15) is 4.98 Å². The van der Waals surface area contributed by atoms with Gasteiger partial charge in [-0.25, -0.2) is 14.8 Å². The van der Waals surface area contributed by atoms with E-state index in [1.54, 1.807) is 13.1 Å². The fourth-order valence-electron chi connectivity index (χ4n) is 3.30. The summed E-state index contributed by atoms with van der Waals surface area (Å²) >= 11 is 0. The molecule has 0 aliphatic rings. The number of hydrogen-bond acceptors (Lipinski definition) is 7. The number of ether oxygens (including phenoxy) is 1. The Morgan fingerprint density at radius 3 is 2.63 bits per heavy atom. The number of aromatic amines is 1. The summed E-state index contributed by atoms with van der Waals surface area (Å²) in [6, 6.07) is 10.9. The molecule has 0 radical (unpaired) electrons. The maximum atomic E-state index is 12.5. The van der Waals surface area contributed by atoms with Crippen molar-refractivity contribution in [2.75, 3.05) is 0 Å². The van der Waals surface area contributed by atoms with E-state index < -0.39 is 17.3 Å². The minimum Gasteiger partial charge on any atom is -0.457 e. The van der Waals surface area contributed by atoms with E-state index in [4.69, 9.17) is 9.15 Å². The van der Waals surface area contributed by atoms with Crippen molar-refractivity contribution in [3.8, 4) is 17.4 Å². The van der Waals surface area contributed by atoms with Gasteiger partial charge in [-0.1, -0.05) is 37.3 Å². The average Bonchev–Trinajstić information content (AvgIpc) is 2.73. The summed E-state index contributed by atoms with van der Waals surface area (Å²) in [5.41, 5.74) is 1.98. The van der Waals surface area contributed by atoms with Crippen molar-refractivity contribution >= 4 is 11.1 Å². The molecule has 0 amide bonds. The molecule has 0 spiro atoms. The van der Waals surface area contributed by atoms with Gasteiger partial charge in [0.25, 0.3) is 11.6 Å². The monoisotopic (exact) mass is 404 g/mol. The molecule has 1 atom stereocenters. The van der Waals surface area contributed by atoms with Gasteiger partial charge in [-0.05, 0) is 25.8 Å². The van der Waals surface area contributed by atoms with Gasteiger partial charge in [-0.15, -0.1) is 0 Å². The lowest BCUT2D eigenvalue weighted by atomic mass is 10.1. The minimum absolute atomic E-state index is 0.0389. The van der Waals surface area contributed by atoms with Crippen LogP contribution in [0.1, 0.15) is 36.8 Å². The lowest BCUT2D eigenvalue weighted by Crippen LogP contribution is -2.17. The van der Waals surface area contributed by atoms with Crippen molar-refractivity contribution in [3.05, 3.63) is 80.2 Å². The van der Waals surface area contributed by atoms with Crippen molar-refractivity contribution in [2.24, 2.45) is 0 Å². The van der Waals surface area contributed by atoms with Crippen molar-refractivity contribution in [3.63, 3.8) is 0 Å². The van der Waals surface area contributed by atoms with Crippen LogP contribution in [0.15, 0.2) is 56.6 Å². The predicted molar refractivity (Wildman–Crippen MR) is 112 cm³/mol. The number of nitrogens with zero attached hydrogens (tertiary/aromatic N) is 3. The Kier molecular flexibility index (Phi) is 5.14. The van der Waals surface area contributed by atoms with Gasteiger partial charge < -0.3 is 9.15 Å². The van der Waals surface area contributed by atoms with Crippen molar-refractivity contribution < 1.29 is 9.15 Å². The normalized spacial score (nSPS) is 12.1. The molecule has 4 aromatic rings. The van der Waals surface area contributed by atoms with Gasteiger partial charge in [-0.3, -0.25) is 9.78 Å². The number of aromatic nitrogens is 4. The van der Waals surface area contributed by atoms with Gasteiger partial charge in [0.15, 0.2) is 5.82 Å². The number of rotatable bonds is 5. The Morgan fingerprint density at radius 2 is 1.93 bits per heavy atom. The number of H-pyrrole nitrogens is 1. The number of fused-ring (bicyclic) bond motifs is 1. The summed E-state index contributed by atoms with van der Waals surface area (Å²) in [4.78, 5) is 40.0. The molecule has 8 nitrogen and oxygen atoms in total. The smallest absolute Gasteiger partial charge is 0.337 e. The van der Waals surface area contributed by atoms with Crippen LogP contribution in [0, 0.1) is 6.92 Å². The van der Waals surface area contributed by atoms with E-state index in [9.17, 15) is 9.59 Å². The number of benzene rings is 1. The highest BCUT2D eigenvalue weighted by atomic mass is 16.5. The molecule has 152 valence electrons. The Hall–Kier alpha value is -3.81. The topological polar surface area (TPSA) is 111 Å². The molecule has 30 heavy (non-hydrogen) atoms. The number of aryl methyl sites for hydroxylation is 2. The predicted octanol–water partition coefficient (Wildman–Crippen LogP) is 3.34. The molecule has 1 N–H and O–H groups in total. The lowest BCUT2D eigenvalue weighted by Gasteiger charge is -2.16. The molecule has 8 heteroatoms. The molecule has 4 rings (SSSR count). The van der Waals surface area contributed by atoms with Gasteiger partial charge >= 0.3 is 5.63 Å². The summed E-state index contributed by atoms with van der Waals surface area (Å²) < 4.78 is 10.9. The highest BCUT2D eigenvalue weighted by Gasteiger charge is 2.17. The third-order valence-corrected chi connectivity index (χ3v) is 4.83. The first-order valence-corrected chi connectivity index (χ1v) is 9.59. The van der Waals surface area contributed by atoms with E-state index >= 15 is 0 Å². The molecule has 0 fully saturated rings. The summed E-state index contributed by atoms with van der Waals surface area (Å²) in [7, 11) is 0. The van der Waals surface area contributed by atoms with Crippen molar-refractivity contribution in [1.29, 1.82) is 0 Å². The minimum atomic E-state index is -0.558.